The Bertz CT molecular complexity index is 1010. The Morgan fingerprint density at radius 3 is 2.16 bits per heavy atom. The van der Waals surface area contributed by atoms with Crippen LogP contribution in [-0.2, 0) is 4.79 Å². The summed E-state index contributed by atoms with van der Waals surface area (Å²) >= 11 is 12.1. The lowest BCUT2D eigenvalue weighted by Crippen LogP contribution is -2.35. The molecule has 1 N–H and O–H groups in total. The molecule has 10 nitrogen and oxygen atoms in total. The largest absolute Gasteiger partial charge is 0.493 e. The minimum Gasteiger partial charge on any atom is -0.493 e. The van der Waals surface area contributed by atoms with E-state index in [2.05, 4.69) is 5.32 Å². The highest BCUT2D eigenvalue weighted by atomic mass is 35.5. The van der Waals surface area contributed by atoms with E-state index in [9.17, 15) is 19.7 Å². The number of nitrogens with zero attached hydrogens (tertiary/aromatic N) is 2. The van der Waals surface area contributed by atoms with Gasteiger partial charge in [-0.2, -0.15) is 0 Å². The average Bonchev–Trinajstić information content (AvgIpc) is 2.73. The van der Waals surface area contributed by atoms with E-state index >= 15 is 0 Å². The van der Waals surface area contributed by atoms with Gasteiger partial charge in [-0.15, -0.1) is 0 Å². The summed E-state index contributed by atoms with van der Waals surface area (Å²) in [6.45, 7) is -0.436. The van der Waals surface area contributed by atoms with Crippen molar-refractivity contribution in [1.29, 1.82) is 0 Å². The molecule has 0 aliphatic carbocycles. The number of hydrogen-bond acceptors (Lipinski definition) is 7. The third-order valence-electron chi connectivity index (χ3n) is 4.17. The maximum absolute atomic E-state index is 13.0. The van der Waals surface area contributed by atoms with E-state index in [-0.39, 0.29) is 38.5 Å². The van der Waals surface area contributed by atoms with Gasteiger partial charge in [0.25, 0.3) is 5.91 Å². The Balaban J connectivity index is 2.37. The fourth-order valence-electron chi connectivity index (χ4n) is 2.77. The minimum absolute atomic E-state index is 0.0398. The van der Waals surface area contributed by atoms with Crippen molar-refractivity contribution in [3.05, 3.63) is 50.0 Å². The molecule has 0 spiro atoms. The van der Waals surface area contributed by atoms with Crippen LogP contribution >= 0.6 is 23.2 Å². The number of ether oxygens (including phenoxy) is 3. The highest BCUT2D eigenvalue weighted by Gasteiger charge is 2.34. The van der Waals surface area contributed by atoms with Gasteiger partial charge in [-0.25, -0.2) is 0 Å². The Labute approximate surface area is 187 Å². The number of para-hydroxylation sites is 1. The summed E-state index contributed by atoms with van der Waals surface area (Å²) in [5.41, 5.74) is -0.771. The molecule has 0 aromatic heterocycles. The number of nitrogens with one attached hydrogen (secondary N) is 1. The minimum atomic E-state index is -0.814. The Morgan fingerprint density at radius 2 is 1.68 bits per heavy atom. The van der Waals surface area contributed by atoms with Gasteiger partial charge in [-0.1, -0.05) is 29.3 Å². The molecule has 0 atom stereocenters. The molecule has 0 heterocycles. The van der Waals surface area contributed by atoms with Gasteiger partial charge in [0.05, 0.1) is 48.5 Å². The number of nitro groups is 1. The van der Waals surface area contributed by atoms with Crippen molar-refractivity contribution in [3.8, 4) is 17.2 Å². The van der Waals surface area contributed by atoms with Crippen LogP contribution in [0, 0.1) is 10.1 Å². The van der Waals surface area contributed by atoms with Crippen LogP contribution in [0.25, 0.3) is 0 Å². The lowest BCUT2D eigenvalue weighted by molar-refractivity contribution is -0.386. The summed E-state index contributed by atoms with van der Waals surface area (Å²) in [5, 5.41) is 14.6. The highest BCUT2D eigenvalue weighted by Crippen LogP contribution is 2.46. The highest BCUT2D eigenvalue weighted by molar-refractivity contribution is 6.39. The average molecular weight is 472 g/mol. The van der Waals surface area contributed by atoms with E-state index in [0.717, 1.165) is 11.0 Å². The fraction of sp³-hybridized carbons (Fsp3) is 0.263. The van der Waals surface area contributed by atoms with Crippen LogP contribution in [0.2, 0.25) is 10.0 Å². The summed E-state index contributed by atoms with van der Waals surface area (Å²) in [6.07, 6.45) is 0. The van der Waals surface area contributed by atoms with Crippen molar-refractivity contribution in [3.63, 3.8) is 0 Å². The SMILES string of the molecule is COc1cc(C(=O)N(C)CC(=O)Nc2c(Cl)cccc2Cl)c([N+](=O)[O-])c(OC)c1OC. The number of amides is 2. The number of hydrogen-bond donors (Lipinski definition) is 1. The monoisotopic (exact) mass is 471 g/mol. The number of methoxy groups -OCH3 is 3. The van der Waals surface area contributed by atoms with E-state index < -0.39 is 29.0 Å². The molecule has 166 valence electrons. The Morgan fingerprint density at radius 1 is 1.10 bits per heavy atom. The molecule has 2 amide bonds. The lowest BCUT2D eigenvalue weighted by atomic mass is 10.1. The van der Waals surface area contributed by atoms with Crippen LogP contribution in [0.1, 0.15) is 10.4 Å². The van der Waals surface area contributed by atoms with Gasteiger partial charge < -0.3 is 24.4 Å². The van der Waals surface area contributed by atoms with Crippen molar-refractivity contribution in [2.45, 2.75) is 0 Å². The first-order valence-corrected chi connectivity index (χ1v) is 9.38. The summed E-state index contributed by atoms with van der Waals surface area (Å²) < 4.78 is 15.4. The predicted molar refractivity (Wildman–Crippen MR) is 115 cm³/mol. The number of benzene rings is 2. The molecular formula is C19H19Cl2N3O7. The standard InChI is InChI=1S/C19H19Cl2N3O7/c1-23(9-14(25)22-15-11(20)6-5-7-12(15)21)19(26)10-8-13(29-2)17(30-3)18(31-4)16(10)24(27)28/h5-8H,9H2,1-4H3,(H,22,25). The maximum Gasteiger partial charge on any atom is 0.327 e. The van der Waals surface area contributed by atoms with Gasteiger partial charge in [-0.05, 0) is 12.1 Å². The summed E-state index contributed by atoms with van der Waals surface area (Å²) in [6, 6.07) is 5.84. The van der Waals surface area contributed by atoms with Gasteiger partial charge in [0.15, 0.2) is 5.75 Å². The zero-order valence-corrected chi connectivity index (χ0v) is 18.5. The number of carbonyl (C=O) groups is 2. The van der Waals surface area contributed by atoms with Crippen LogP contribution in [0.4, 0.5) is 11.4 Å². The normalized spacial score (nSPS) is 10.3. The molecule has 0 saturated carbocycles. The van der Waals surface area contributed by atoms with E-state index in [4.69, 9.17) is 37.4 Å². The van der Waals surface area contributed by atoms with Gasteiger partial charge in [0.2, 0.25) is 17.4 Å². The van der Waals surface area contributed by atoms with E-state index in [1.54, 1.807) is 6.07 Å². The third-order valence-corrected chi connectivity index (χ3v) is 4.80. The second-order valence-corrected chi connectivity index (χ2v) is 6.92. The van der Waals surface area contributed by atoms with Crippen molar-refractivity contribution in [2.24, 2.45) is 0 Å². The molecule has 2 rings (SSSR count). The zero-order valence-electron chi connectivity index (χ0n) is 17.0. The molecule has 12 heteroatoms. The van der Waals surface area contributed by atoms with Gasteiger partial charge >= 0.3 is 5.69 Å². The van der Waals surface area contributed by atoms with Crippen LogP contribution in [0.15, 0.2) is 24.3 Å². The van der Waals surface area contributed by atoms with E-state index in [0.29, 0.717) is 0 Å². The number of likely N-dealkylation sites (N-methyl/N-ethyl adjacent to an activating group) is 1. The number of halogens is 2. The van der Waals surface area contributed by atoms with Gasteiger partial charge in [0, 0.05) is 13.1 Å². The zero-order chi connectivity index (χ0) is 23.3. The quantitative estimate of drug-likeness (QED) is 0.460. The molecule has 2 aromatic carbocycles. The Hall–Kier alpha value is -3.24. The molecule has 0 bridgehead atoms. The first-order chi connectivity index (χ1) is 14.7. The second-order valence-electron chi connectivity index (χ2n) is 6.10. The third kappa shape index (κ3) is 5.09. The number of anilines is 1. The maximum atomic E-state index is 13.0. The van der Waals surface area contributed by atoms with Crippen LogP contribution in [-0.4, -0.2) is 56.6 Å². The molecule has 0 radical (unpaired) electrons. The predicted octanol–water partition coefficient (Wildman–Crippen LogP) is 3.64. The number of nitro benzene ring substituents is 1. The number of carbonyl (C=O) groups excluding carboxylic acids is 2. The summed E-state index contributed by atoms with van der Waals surface area (Å²) in [5.74, 6) is -1.70. The van der Waals surface area contributed by atoms with Crippen molar-refractivity contribution in [2.75, 3.05) is 40.2 Å². The van der Waals surface area contributed by atoms with Crippen LogP contribution < -0.4 is 19.5 Å². The molecule has 0 aliphatic heterocycles. The lowest BCUT2D eigenvalue weighted by Gasteiger charge is -2.19. The topological polar surface area (TPSA) is 120 Å². The Kier molecular flexibility index (Phi) is 7.89. The van der Waals surface area contributed by atoms with E-state index in [1.807, 2.05) is 0 Å². The van der Waals surface area contributed by atoms with Crippen molar-refractivity contribution >= 4 is 46.4 Å². The first-order valence-electron chi connectivity index (χ1n) is 8.62. The van der Waals surface area contributed by atoms with E-state index in [1.165, 1.54) is 40.5 Å². The van der Waals surface area contributed by atoms with Crippen molar-refractivity contribution < 1.29 is 28.7 Å². The smallest absolute Gasteiger partial charge is 0.327 e. The molecular weight excluding hydrogens is 453 g/mol. The first kappa shape index (κ1) is 24.0. The van der Waals surface area contributed by atoms with Gasteiger partial charge in [0.1, 0.15) is 5.56 Å². The molecule has 0 fully saturated rings. The molecule has 0 unspecified atom stereocenters. The van der Waals surface area contributed by atoms with Crippen molar-refractivity contribution in [1.82, 2.24) is 4.90 Å². The molecule has 2 aromatic rings. The van der Waals surface area contributed by atoms with Crippen LogP contribution in [0.5, 0.6) is 17.2 Å². The second kappa shape index (κ2) is 10.2. The van der Waals surface area contributed by atoms with Gasteiger partial charge in [-0.3, -0.25) is 19.7 Å². The summed E-state index contributed by atoms with van der Waals surface area (Å²) in [4.78, 5) is 37.3. The summed E-state index contributed by atoms with van der Waals surface area (Å²) in [7, 11) is 5.09. The molecule has 0 aliphatic rings. The number of rotatable bonds is 8. The fourth-order valence-corrected chi connectivity index (χ4v) is 3.27. The van der Waals surface area contributed by atoms with Crippen LogP contribution in [0.3, 0.4) is 0 Å². The molecule has 0 saturated heterocycles. The molecule has 31 heavy (non-hydrogen) atoms.